The number of benzene rings is 2. The fourth-order valence-electron chi connectivity index (χ4n) is 4.29. The van der Waals surface area contributed by atoms with E-state index in [0.717, 1.165) is 35.7 Å². The van der Waals surface area contributed by atoms with Crippen LogP contribution in [-0.4, -0.2) is 48.5 Å². The van der Waals surface area contributed by atoms with E-state index < -0.39 is 5.66 Å². The van der Waals surface area contributed by atoms with Gasteiger partial charge >= 0.3 is 0 Å². The molecule has 1 fully saturated rings. The summed E-state index contributed by atoms with van der Waals surface area (Å²) in [6.07, 6.45) is 3.56. The number of amides is 1. The van der Waals surface area contributed by atoms with Crippen molar-refractivity contribution in [1.82, 2.24) is 4.90 Å². The number of carbonyl (C=O) groups excluding carboxylic acids is 1. The molecule has 0 bridgehead atoms. The van der Waals surface area contributed by atoms with Crippen molar-refractivity contribution in [1.29, 1.82) is 0 Å². The Bertz CT molecular complexity index is 1040. The molecule has 2 aromatic rings. The van der Waals surface area contributed by atoms with E-state index in [1.54, 1.807) is 17.0 Å². The number of carbonyl (C=O) groups is 1. The van der Waals surface area contributed by atoms with Crippen molar-refractivity contribution < 1.29 is 19.0 Å². The van der Waals surface area contributed by atoms with Gasteiger partial charge in [-0.25, -0.2) is 0 Å². The van der Waals surface area contributed by atoms with Gasteiger partial charge in [-0.15, -0.1) is 0 Å². The molecule has 1 aliphatic carbocycles. The first-order valence-electron chi connectivity index (χ1n) is 9.99. The molecule has 2 aromatic carbocycles. The smallest absolute Gasteiger partial charge is 0.261 e. The van der Waals surface area contributed by atoms with Crippen LogP contribution in [0.15, 0.2) is 45.9 Å². The standard InChI is InChI=1S/C23H23BrN2O4S/c1-28-17-12-15(13-18(29-2)20(17)30-3)21(27)26-22(31)19(14-6-8-16(24)9-7-14)25-23(26)10-4-5-11-23/h6-9,12-13H,4-5,10-11H2,1-3H3. The molecule has 1 heterocycles. The molecule has 1 saturated carbocycles. The third-order valence-electron chi connectivity index (χ3n) is 5.78. The Morgan fingerprint density at radius 1 is 1.03 bits per heavy atom. The highest BCUT2D eigenvalue weighted by molar-refractivity contribution is 9.10. The lowest BCUT2D eigenvalue weighted by Crippen LogP contribution is -2.48. The van der Waals surface area contributed by atoms with Crippen molar-refractivity contribution >= 4 is 44.8 Å². The maximum absolute atomic E-state index is 13.8. The monoisotopic (exact) mass is 502 g/mol. The predicted octanol–water partition coefficient (Wildman–Crippen LogP) is 5.02. The zero-order chi connectivity index (χ0) is 22.2. The van der Waals surface area contributed by atoms with Gasteiger partial charge in [0.1, 0.15) is 16.4 Å². The van der Waals surface area contributed by atoms with Crippen LogP contribution in [0, 0.1) is 0 Å². The van der Waals surface area contributed by atoms with E-state index in [0.29, 0.717) is 33.5 Å². The lowest BCUT2D eigenvalue weighted by Gasteiger charge is -2.32. The second-order valence-electron chi connectivity index (χ2n) is 7.52. The normalized spacial score (nSPS) is 17.1. The molecular formula is C23H23BrN2O4S. The minimum absolute atomic E-state index is 0.220. The first-order valence-corrected chi connectivity index (χ1v) is 11.2. The lowest BCUT2D eigenvalue weighted by molar-refractivity contribution is 0.0723. The Morgan fingerprint density at radius 3 is 2.13 bits per heavy atom. The molecule has 2 aliphatic rings. The van der Waals surface area contributed by atoms with Crippen LogP contribution in [0.25, 0.3) is 0 Å². The van der Waals surface area contributed by atoms with Gasteiger partial charge in [0.05, 0.1) is 21.3 Å². The first kappa shape index (κ1) is 21.8. The molecule has 0 aromatic heterocycles. The van der Waals surface area contributed by atoms with E-state index in [1.807, 2.05) is 24.3 Å². The number of halogens is 1. The highest BCUT2D eigenvalue weighted by Crippen LogP contribution is 2.44. The summed E-state index contributed by atoms with van der Waals surface area (Å²) in [6, 6.07) is 11.1. The molecule has 0 N–H and O–H groups in total. The third-order valence-corrected chi connectivity index (χ3v) is 6.68. The van der Waals surface area contributed by atoms with Crippen molar-refractivity contribution in [3.63, 3.8) is 0 Å². The average molecular weight is 503 g/mol. The van der Waals surface area contributed by atoms with Gasteiger partial charge in [-0.05, 0) is 49.9 Å². The fraction of sp³-hybridized carbons (Fsp3) is 0.348. The van der Waals surface area contributed by atoms with Crippen molar-refractivity contribution in [2.75, 3.05) is 21.3 Å². The van der Waals surface area contributed by atoms with Gasteiger partial charge in [-0.3, -0.25) is 14.7 Å². The number of hydrogen-bond donors (Lipinski definition) is 0. The number of thiocarbonyl (C=S) groups is 1. The van der Waals surface area contributed by atoms with Gasteiger partial charge in [0.2, 0.25) is 5.75 Å². The molecule has 1 amide bonds. The Balaban J connectivity index is 1.77. The second-order valence-corrected chi connectivity index (χ2v) is 8.82. The van der Waals surface area contributed by atoms with Gasteiger partial charge in [0.15, 0.2) is 11.5 Å². The van der Waals surface area contributed by atoms with Crippen LogP contribution in [0.5, 0.6) is 17.2 Å². The summed E-state index contributed by atoms with van der Waals surface area (Å²) in [5.74, 6) is 1.06. The molecule has 4 rings (SSSR count). The van der Waals surface area contributed by atoms with Crippen LogP contribution in [0.3, 0.4) is 0 Å². The summed E-state index contributed by atoms with van der Waals surface area (Å²) in [5, 5.41) is 0. The summed E-state index contributed by atoms with van der Waals surface area (Å²) in [7, 11) is 4.59. The van der Waals surface area contributed by atoms with Crippen LogP contribution in [0.2, 0.25) is 0 Å². The van der Waals surface area contributed by atoms with Crippen LogP contribution < -0.4 is 14.2 Å². The molecule has 0 atom stereocenters. The molecule has 8 heteroatoms. The number of rotatable bonds is 5. The number of nitrogens with zero attached hydrogens (tertiary/aromatic N) is 2. The fourth-order valence-corrected chi connectivity index (χ4v) is 4.97. The Kier molecular flexibility index (Phi) is 6.03. The SMILES string of the molecule is COc1cc(C(=O)N2C(=S)C(c3ccc(Br)cc3)=NC23CCCC3)cc(OC)c1OC. The first-order chi connectivity index (χ1) is 14.9. The molecule has 162 valence electrons. The minimum Gasteiger partial charge on any atom is -0.493 e. The quantitative estimate of drug-likeness (QED) is 0.537. The molecule has 6 nitrogen and oxygen atoms in total. The molecule has 0 radical (unpaired) electrons. The Labute approximate surface area is 195 Å². The van der Waals surface area contributed by atoms with E-state index in [2.05, 4.69) is 15.9 Å². The van der Waals surface area contributed by atoms with Crippen molar-refractivity contribution in [3.05, 3.63) is 52.0 Å². The number of methoxy groups -OCH3 is 3. The molecule has 1 aliphatic heterocycles. The lowest BCUT2D eigenvalue weighted by atomic mass is 10.1. The Morgan fingerprint density at radius 2 is 1.61 bits per heavy atom. The second kappa shape index (κ2) is 8.59. The van der Waals surface area contributed by atoms with E-state index in [-0.39, 0.29) is 5.91 Å². The summed E-state index contributed by atoms with van der Waals surface area (Å²) >= 11 is 9.27. The highest BCUT2D eigenvalue weighted by atomic mass is 79.9. The Hall–Kier alpha value is -2.45. The largest absolute Gasteiger partial charge is 0.493 e. The predicted molar refractivity (Wildman–Crippen MR) is 127 cm³/mol. The summed E-state index contributed by atoms with van der Waals surface area (Å²) in [6.45, 7) is 0. The number of ether oxygens (including phenoxy) is 3. The maximum Gasteiger partial charge on any atom is 0.261 e. The zero-order valence-corrected chi connectivity index (χ0v) is 20.0. The highest BCUT2D eigenvalue weighted by Gasteiger charge is 2.50. The van der Waals surface area contributed by atoms with E-state index in [1.165, 1.54) is 21.3 Å². The topological polar surface area (TPSA) is 60.4 Å². The number of aliphatic imine (C=N–C) groups is 1. The summed E-state index contributed by atoms with van der Waals surface area (Å²) in [4.78, 5) is 21.0. The molecule has 0 saturated heterocycles. The van der Waals surface area contributed by atoms with Crippen LogP contribution in [0.4, 0.5) is 0 Å². The molecule has 31 heavy (non-hydrogen) atoms. The van der Waals surface area contributed by atoms with Crippen molar-refractivity contribution in [2.24, 2.45) is 4.99 Å². The van der Waals surface area contributed by atoms with Gasteiger partial charge in [-0.2, -0.15) is 0 Å². The van der Waals surface area contributed by atoms with Crippen LogP contribution >= 0.6 is 28.1 Å². The van der Waals surface area contributed by atoms with Gasteiger partial charge < -0.3 is 14.2 Å². The van der Waals surface area contributed by atoms with Gasteiger partial charge in [0, 0.05) is 15.6 Å². The van der Waals surface area contributed by atoms with Crippen LogP contribution in [-0.2, 0) is 0 Å². The van der Waals surface area contributed by atoms with Crippen molar-refractivity contribution in [2.45, 2.75) is 31.3 Å². The number of hydrogen-bond acceptors (Lipinski definition) is 6. The van der Waals surface area contributed by atoms with E-state index >= 15 is 0 Å². The molecule has 0 unspecified atom stereocenters. The zero-order valence-electron chi connectivity index (χ0n) is 17.6. The van der Waals surface area contributed by atoms with Crippen LogP contribution in [0.1, 0.15) is 41.6 Å². The average Bonchev–Trinajstić information content (AvgIpc) is 3.37. The summed E-state index contributed by atoms with van der Waals surface area (Å²) < 4.78 is 17.2. The van der Waals surface area contributed by atoms with E-state index in [4.69, 9.17) is 31.4 Å². The van der Waals surface area contributed by atoms with Gasteiger partial charge in [0.25, 0.3) is 5.91 Å². The molecular weight excluding hydrogens is 480 g/mol. The maximum atomic E-state index is 13.8. The third kappa shape index (κ3) is 3.72. The molecule has 1 spiro atoms. The minimum atomic E-state index is -0.642. The van der Waals surface area contributed by atoms with Gasteiger partial charge in [-0.1, -0.05) is 40.3 Å². The van der Waals surface area contributed by atoms with E-state index in [9.17, 15) is 4.79 Å². The summed E-state index contributed by atoms with van der Waals surface area (Å²) in [5.41, 5.74) is 1.36. The van der Waals surface area contributed by atoms with Crippen molar-refractivity contribution in [3.8, 4) is 17.2 Å².